The number of benzene rings is 2. The molecule has 3 heterocycles. The van der Waals surface area contributed by atoms with Gasteiger partial charge in [0.05, 0.1) is 19.2 Å². The van der Waals surface area contributed by atoms with Crippen molar-refractivity contribution in [3.05, 3.63) is 70.1 Å². The fourth-order valence-corrected chi connectivity index (χ4v) is 4.45. The molecule has 0 saturated carbocycles. The maximum absolute atomic E-state index is 12.8. The molecule has 7 N–H and O–H groups in total. The SMILES string of the molecule is COc1ccc(/C=C/c2nnc(N=Nc3c(O)n([C@@H]4O[C@H](CO)[C@@H](O)[C@H](O)[C@H]4O)c4ccccc34)n(N)c2=O)cc1. The van der Waals surface area contributed by atoms with E-state index in [1.807, 2.05) is 0 Å². The van der Waals surface area contributed by atoms with Crippen LogP contribution in [0, 0.1) is 0 Å². The number of hydrogen-bond acceptors (Lipinski definition) is 13. The summed E-state index contributed by atoms with van der Waals surface area (Å²) in [6, 6.07) is 13.6. The first-order valence-electron chi connectivity index (χ1n) is 12.4. The van der Waals surface area contributed by atoms with Crippen LogP contribution < -0.4 is 16.1 Å². The van der Waals surface area contributed by atoms with Crippen LogP contribution in [0.5, 0.6) is 11.6 Å². The lowest BCUT2D eigenvalue weighted by molar-refractivity contribution is -0.251. The van der Waals surface area contributed by atoms with E-state index in [0.717, 1.165) is 10.1 Å². The fourth-order valence-electron chi connectivity index (χ4n) is 4.45. The minimum absolute atomic E-state index is 0.0515. The summed E-state index contributed by atoms with van der Waals surface area (Å²) in [6.45, 7) is -0.647. The van der Waals surface area contributed by atoms with Gasteiger partial charge in [0.2, 0.25) is 5.88 Å². The van der Waals surface area contributed by atoms with E-state index in [1.165, 1.54) is 6.08 Å². The minimum atomic E-state index is -1.67. The molecule has 1 aliphatic rings. The molecule has 0 radical (unpaired) electrons. The Morgan fingerprint density at radius 3 is 2.46 bits per heavy atom. The van der Waals surface area contributed by atoms with E-state index in [1.54, 1.807) is 61.7 Å². The average molecular weight is 566 g/mol. The number of nitrogens with two attached hydrogens (primary N) is 1. The average Bonchev–Trinajstić information content (AvgIpc) is 3.27. The summed E-state index contributed by atoms with van der Waals surface area (Å²) in [5, 5.41) is 67.8. The molecule has 214 valence electrons. The van der Waals surface area contributed by atoms with Crippen LogP contribution in [0.3, 0.4) is 0 Å². The van der Waals surface area contributed by atoms with Gasteiger partial charge in [0.1, 0.15) is 30.2 Å². The van der Waals surface area contributed by atoms with E-state index in [4.69, 9.17) is 15.3 Å². The Bertz CT molecular complexity index is 1670. The summed E-state index contributed by atoms with van der Waals surface area (Å²) in [4.78, 5) is 12.8. The number of rotatable bonds is 7. The van der Waals surface area contributed by atoms with Crippen molar-refractivity contribution < 1.29 is 35.0 Å². The number of nitrogen functional groups attached to an aromatic ring is 1. The van der Waals surface area contributed by atoms with Gasteiger partial charge in [-0.3, -0.25) is 9.36 Å². The molecule has 4 aromatic rings. The second kappa shape index (κ2) is 11.4. The van der Waals surface area contributed by atoms with Gasteiger partial charge < -0.3 is 40.8 Å². The maximum atomic E-state index is 12.8. The van der Waals surface area contributed by atoms with Crippen LogP contribution >= 0.6 is 0 Å². The van der Waals surface area contributed by atoms with Crippen LogP contribution in [0.25, 0.3) is 23.1 Å². The summed E-state index contributed by atoms with van der Waals surface area (Å²) < 4.78 is 12.5. The van der Waals surface area contributed by atoms with Gasteiger partial charge in [-0.15, -0.1) is 20.4 Å². The zero-order valence-corrected chi connectivity index (χ0v) is 21.6. The monoisotopic (exact) mass is 565 g/mol. The summed E-state index contributed by atoms with van der Waals surface area (Å²) in [5.74, 6) is 5.71. The van der Waals surface area contributed by atoms with Gasteiger partial charge in [0, 0.05) is 5.39 Å². The third-order valence-electron chi connectivity index (χ3n) is 6.67. The Hall–Kier alpha value is -4.67. The summed E-state index contributed by atoms with van der Waals surface area (Å²) in [5.41, 5.74) is 0.274. The second-order valence-electron chi connectivity index (χ2n) is 9.15. The van der Waals surface area contributed by atoms with Crippen molar-refractivity contribution in [2.24, 2.45) is 10.2 Å². The van der Waals surface area contributed by atoms with E-state index in [-0.39, 0.29) is 17.3 Å². The molecule has 0 amide bonds. The Labute approximate surface area is 231 Å². The second-order valence-corrected chi connectivity index (χ2v) is 9.15. The standard InChI is InChI=1S/C26H27N7O8/c1-40-14-9-6-13(7-10-14)8-11-16-23(38)33(27)26(30-28-16)31-29-19-15-4-2-3-5-17(15)32(24(19)39)25-22(37)21(36)20(35)18(12-34)41-25/h2-11,18,20-22,25,34-37,39H,12,27H2,1H3/b11-8+,31-29?/t18-,20-,21+,22-,25-/m1/s1. The minimum Gasteiger partial charge on any atom is -0.497 e. The highest BCUT2D eigenvalue weighted by molar-refractivity contribution is 5.95. The third-order valence-corrected chi connectivity index (χ3v) is 6.67. The van der Waals surface area contributed by atoms with Crippen LogP contribution in [0.4, 0.5) is 11.6 Å². The van der Waals surface area contributed by atoms with Gasteiger partial charge >= 0.3 is 0 Å². The van der Waals surface area contributed by atoms with E-state index in [0.29, 0.717) is 21.3 Å². The lowest BCUT2D eigenvalue weighted by atomic mass is 9.98. The number of aliphatic hydroxyl groups is 4. The number of ether oxygens (including phenoxy) is 2. The van der Waals surface area contributed by atoms with Crippen molar-refractivity contribution in [3.8, 4) is 11.6 Å². The normalized spacial score (nSPS) is 23.1. The van der Waals surface area contributed by atoms with Crippen molar-refractivity contribution in [3.63, 3.8) is 0 Å². The molecule has 5 rings (SSSR count). The molecule has 1 saturated heterocycles. The van der Waals surface area contributed by atoms with Gasteiger partial charge in [-0.2, -0.15) is 4.68 Å². The molecule has 0 bridgehead atoms. The molecule has 1 fully saturated rings. The molecule has 1 aliphatic heterocycles. The lowest BCUT2D eigenvalue weighted by Gasteiger charge is -2.40. The van der Waals surface area contributed by atoms with Gasteiger partial charge in [0.25, 0.3) is 11.5 Å². The summed E-state index contributed by atoms with van der Waals surface area (Å²) in [6.07, 6.45) is -4.43. The highest BCUT2D eigenvalue weighted by Crippen LogP contribution is 2.44. The van der Waals surface area contributed by atoms with Crippen LogP contribution in [-0.2, 0) is 4.74 Å². The number of para-hydroxylation sites is 1. The van der Waals surface area contributed by atoms with Gasteiger partial charge in [-0.05, 0) is 29.8 Å². The predicted octanol–water partition coefficient (Wildman–Crippen LogP) is 0.579. The van der Waals surface area contributed by atoms with Crippen molar-refractivity contribution in [1.29, 1.82) is 0 Å². The maximum Gasteiger partial charge on any atom is 0.299 e. The Kier molecular flexibility index (Phi) is 7.78. The summed E-state index contributed by atoms with van der Waals surface area (Å²) >= 11 is 0. The first kappa shape index (κ1) is 27.9. The molecule has 41 heavy (non-hydrogen) atoms. The molecule has 2 aromatic carbocycles. The predicted molar refractivity (Wildman–Crippen MR) is 145 cm³/mol. The quantitative estimate of drug-likeness (QED) is 0.134. The van der Waals surface area contributed by atoms with Crippen LogP contribution in [-0.4, -0.2) is 83.1 Å². The highest BCUT2D eigenvalue weighted by Gasteiger charge is 2.45. The van der Waals surface area contributed by atoms with E-state index >= 15 is 0 Å². The zero-order valence-electron chi connectivity index (χ0n) is 21.6. The number of aromatic hydroxyl groups is 1. The Balaban J connectivity index is 1.47. The largest absolute Gasteiger partial charge is 0.497 e. The highest BCUT2D eigenvalue weighted by atomic mass is 16.6. The number of methoxy groups -OCH3 is 1. The van der Waals surface area contributed by atoms with Crippen molar-refractivity contribution >= 4 is 34.7 Å². The van der Waals surface area contributed by atoms with E-state index in [2.05, 4.69) is 20.4 Å². The number of nitrogens with zero attached hydrogens (tertiary/aromatic N) is 6. The fraction of sp³-hybridized carbons (Fsp3) is 0.269. The van der Waals surface area contributed by atoms with Gasteiger partial charge in [-0.25, -0.2) is 0 Å². The Morgan fingerprint density at radius 1 is 1.02 bits per heavy atom. The van der Waals surface area contributed by atoms with E-state index < -0.39 is 48.7 Å². The number of aliphatic hydroxyl groups excluding tert-OH is 4. The molecule has 15 heteroatoms. The third kappa shape index (κ3) is 5.15. The van der Waals surface area contributed by atoms with Crippen molar-refractivity contribution in [2.75, 3.05) is 19.6 Å². The molecule has 5 atom stereocenters. The first-order valence-corrected chi connectivity index (χ1v) is 12.4. The smallest absolute Gasteiger partial charge is 0.299 e. The molecule has 0 aliphatic carbocycles. The zero-order chi connectivity index (χ0) is 29.3. The molecule has 2 aromatic heterocycles. The number of hydrogen-bond donors (Lipinski definition) is 6. The lowest BCUT2D eigenvalue weighted by Crippen LogP contribution is -2.56. The number of aromatic nitrogens is 4. The van der Waals surface area contributed by atoms with Crippen LogP contribution in [0.1, 0.15) is 17.5 Å². The molecule has 0 spiro atoms. The summed E-state index contributed by atoms with van der Waals surface area (Å²) in [7, 11) is 1.56. The molecule has 0 unspecified atom stereocenters. The van der Waals surface area contributed by atoms with Gasteiger partial charge in [0.15, 0.2) is 17.6 Å². The first-order chi connectivity index (χ1) is 19.7. The van der Waals surface area contributed by atoms with Crippen molar-refractivity contribution in [2.45, 2.75) is 30.6 Å². The topological polar surface area (TPSA) is 223 Å². The number of fused-ring (bicyclic) bond motifs is 1. The molecule has 15 nitrogen and oxygen atoms in total. The van der Waals surface area contributed by atoms with Crippen LogP contribution in [0.15, 0.2) is 63.6 Å². The van der Waals surface area contributed by atoms with E-state index in [9.17, 15) is 30.3 Å². The Morgan fingerprint density at radius 2 is 1.76 bits per heavy atom. The van der Waals surface area contributed by atoms with Crippen LogP contribution in [0.2, 0.25) is 0 Å². The molecular weight excluding hydrogens is 538 g/mol. The molecular formula is C26H27N7O8. The van der Waals surface area contributed by atoms with Gasteiger partial charge in [-0.1, -0.05) is 36.4 Å². The van der Waals surface area contributed by atoms with Crippen molar-refractivity contribution in [1.82, 2.24) is 19.4 Å². The number of azo groups is 1.